The molecule has 0 aliphatic rings. The third-order valence-electron chi connectivity index (χ3n) is 7.66. The topological polar surface area (TPSA) is 28.8 Å². The van der Waals surface area contributed by atoms with Crippen molar-refractivity contribution in [1.29, 1.82) is 5.41 Å². The monoisotopic (exact) mass is 486 g/mol. The molecule has 0 spiro atoms. The van der Waals surface area contributed by atoms with E-state index in [0.29, 0.717) is 0 Å². The summed E-state index contributed by atoms with van der Waals surface area (Å²) < 4.78 is 2.42. The van der Waals surface area contributed by atoms with Gasteiger partial charge in [0.15, 0.2) is 0 Å². The molecule has 7 rings (SSSR count). The number of fused-ring (bicyclic) bond motifs is 6. The summed E-state index contributed by atoms with van der Waals surface area (Å²) in [5, 5.41) is 15.1. The largest absolute Gasteiger partial charge is 0.309 e. The molecule has 1 N–H and O–H groups in total. The van der Waals surface area contributed by atoms with E-state index in [1.807, 2.05) is 13.0 Å². The van der Waals surface area contributed by atoms with Gasteiger partial charge in [-0.1, -0.05) is 103 Å². The van der Waals surface area contributed by atoms with Crippen LogP contribution in [-0.4, -0.2) is 10.8 Å². The van der Waals surface area contributed by atoms with Crippen LogP contribution in [0.1, 0.15) is 12.5 Å². The fourth-order valence-electron chi connectivity index (χ4n) is 5.74. The molecule has 0 radical (unpaired) electrons. The van der Waals surface area contributed by atoms with Crippen molar-refractivity contribution in [1.82, 2.24) is 4.57 Å². The van der Waals surface area contributed by atoms with Gasteiger partial charge in [0.2, 0.25) is 0 Å². The van der Waals surface area contributed by atoms with Crippen LogP contribution in [0.2, 0.25) is 0 Å². The minimum Gasteiger partial charge on any atom is -0.309 e. The third-order valence-corrected chi connectivity index (χ3v) is 7.66. The quantitative estimate of drug-likeness (QED) is 0.240. The van der Waals surface area contributed by atoms with E-state index >= 15 is 0 Å². The van der Waals surface area contributed by atoms with Crippen molar-refractivity contribution in [2.24, 2.45) is 0 Å². The Kier molecular flexibility index (Phi) is 5.19. The first-order valence-corrected chi connectivity index (χ1v) is 13.0. The Hall–Kier alpha value is -4.95. The molecule has 2 nitrogen and oxygen atoms in total. The molecular weight excluding hydrogens is 460 g/mol. The molecule has 0 fully saturated rings. The molecule has 1 heterocycles. The number of para-hydroxylation sites is 1. The molecule has 2 heteroatoms. The first-order chi connectivity index (χ1) is 18.7. The van der Waals surface area contributed by atoms with E-state index in [2.05, 4.69) is 126 Å². The minimum absolute atomic E-state index is 0.930. The van der Waals surface area contributed by atoms with Crippen LogP contribution in [-0.2, 0) is 0 Å². The maximum Gasteiger partial charge on any atom is 0.0619 e. The number of benzene rings is 6. The zero-order valence-corrected chi connectivity index (χ0v) is 21.1. The van der Waals surface area contributed by atoms with Crippen molar-refractivity contribution in [3.63, 3.8) is 0 Å². The standard InChI is InChI=1S/C36H26N2/c1-2-24(23-37)26-11-13-27(14-12-26)29-16-19-32-30(21-29)17-20-34-33-9-5-6-10-35(33)38(36(32)34)31-18-15-25-7-3-4-8-28(25)22-31/h2-23,37H,1H3/b24-2+,37-23?. The van der Waals surface area contributed by atoms with Gasteiger partial charge in [-0.25, -0.2) is 0 Å². The Labute approximate surface area is 221 Å². The molecule has 6 aromatic carbocycles. The molecule has 38 heavy (non-hydrogen) atoms. The van der Waals surface area contributed by atoms with Gasteiger partial charge in [-0.05, 0) is 69.6 Å². The van der Waals surface area contributed by atoms with E-state index in [1.165, 1.54) is 66.4 Å². The highest BCUT2D eigenvalue weighted by Gasteiger charge is 2.15. The Balaban J connectivity index is 1.45. The summed E-state index contributed by atoms with van der Waals surface area (Å²) in [5.74, 6) is 0. The van der Waals surface area contributed by atoms with Crippen LogP contribution in [0, 0.1) is 5.41 Å². The van der Waals surface area contributed by atoms with Gasteiger partial charge in [0.25, 0.3) is 0 Å². The number of rotatable bonds is 4. The molecule has 0 saturated carbocycles. The van der Waals surface area contributed by atoms with Gasteiger partial charge in [-0.15, -0.1) is 0 Å². The molecular formula is C36H26N2. The number of allylic oxidation sites excluding steroid dienone is 2. The van der Waals surface area contributed by atoms with Crippen molar-refractivity contribution in [3.8, 4) is 16.8 Å². The Morgan fingerprint density at radius 3 is 2.13 bits per heavy atom. The van der Waals surface area contributed by atoms with Crippen LogP contribution in [0.4, 0.5) is 0 Å². The average Bonchev–Trinajstić information content (AvgIpc) is 3.32. The first kappa shape index (κ1) is 22.3. The third kappa shape index (κ3) is 3.46. The van der Waals surface area contributed by atoms with Gasteiger partial charge in [0, 0.05) is 28.1 Å². The second-order valence-electron chi connectivity index (χ2n) is 9.75. The van der Waals surface area contributed by atoms with Crippen LogP contribution in [0.5, 0.6) is 0 Å². The minimum atomic E-state index is 0.930. The van der Waals surface area contributed by atoms with Crippen molar-refractivity contribution >= 4 is 55.1 Å². The predicted octanol–water partition coefficient (Wildman–Crippen LogP) is 9.81. The number of nitrogens with zero attached hydrogens (tertiary/aromatic N) is 1. The fraction of sp³-hybridized carbons (Fsp3) is 0.0278. The summed E-state index contributed by atoms with van der Waals surface area (Å²) in [5.41, 5.74) is 7.99. The molecule has 7 aromatic rings. The van der Waals surface area contributed by atoms with Crippen LogP contribution < -0.4 is 0 Å². The van der Waals surface area contributed by atoms with Gasteiger partial charge in [0.1, 0.15) is 0 Å². The number of hydrogen-bond donors (Lipinski definition) is 1. The summed E-state index contributed by atoms with van der Waals surface area (Å²) in [6, 6.07) is 43.8. The molecule has 0 atom stereocenters. The summed E-state index contributed by atoms with van der Waals surface area (Å²) in [6.45, 7) is 1.97. The summed E-state index contributed by atoms with van der Waals surface area (Å²) in [4.78, 5) is 0. The van der Waals surface area contributed by atoms with Gasteiger partial charge in [-0.2, -0.15) is 0 Å². The molecule has 0 bridgehead atoms. The van der Waals surface area contributed by atoms with Gasteiger partial charge in [0.05, 0.1) is 11.0 Å². The Bertz CT molecular complexity index is 2040. The summed E-state index contributed by atoms with van der Waals surface area (Å²) in [6.07, 6.45) is 3.38. The number of nitrogens with one attached hydrogen (secondary N) is 1. The van der Waals surface area contributed by atoms with Crippen LogP contribution in [0.25, 0.3) is 65.7 Å². The maximum atomic E-state index is 7.64. The smallest absolute Gasteiger partial charge is 0.0619 e. The van der Waals surface area contributed by atoms with E-state index < -0.39 is 0 Å². The van der Waals surface area contributed by atoms with Gasteiger partial charge < -0.3 is 9.98 Å². The summed E-state index contributed by atoms with van der Waals surface area (Å²) in [7, 11) is 0. The lowest BCUT2D eigenvalue weighted by molar-refractivity contribution is 1.19. The zero-order chi connectivity index (χ0) is 25.6. The van der Waals surface area contributed by atoms with E-state index in [0.717, 1.165) is 11.1 Å². The molecule has 0 aliphatic heterocycles. The Morgan fingerprint density at radius 2 is 1.32 bits per heavy atom. The zero-order valence-electron chi connectivity index (χ0n) is 21.1. The Morgan fingerprint density at radius 1 is 0.605 bits per heavy atom. The van der Waals surface area contributed by atoms with E-state index in [1.54, 1.807) is 0 Å². The van der Waals surface area contributed by atoms with Gasteiger partial charge >= 0.3 is 0 Å². The van der Waals surface area contributed by atoms with E-state index in [-0.39, 0.29) is 0 Å². The maximum absolute atomic E-state index is 7.64. The average molecular weight is 487 g/mol. The first-order valence-electron chi connectivity index (χ1n) is 13.0. The highest BCUT2D eigenvalue weighted by Crippen LogP contribution is 2.38. The second-order valence-corrected chi connectivity index (χ2v) is 9.75. The normalized spacial score (nSPS) is 12.1. The SMILES string of the molecule is C/C=C(\C=N)c1ccc(-c2ccc3c(ccc4c5ccccc5n(-c5ccc6ccccc6c5)c34)c2)cc1. The van der Waals surface area contributed by atoms with E-state index in [9.17, 15) is 0 Å². The number of aromatic nitrogens is 1. The van der Waals surface area contributed by atoms with Crippen molar-refractivity contribution < 1.29 is 0 Å². The lowest BCUT2D eigenvalue weighted by atomic mass is 9.97. The van der Waals surface area contributed by atoms with Crippen LogP contribution in [0.3, 0.4) is 0 Å². The van der Waals surface area contributed by atoms with Crippen molar-refractivity contribution in [3.05, 3.63) is 133 Å². The lowest BCUT2D eigenvalue weighted by Gasteiger charge is -2.12. The molecule has 0 saturated heterocycles. The molecule has 0 unspecified atom stereocenters. The van der Waals surface area contributed by atoms with Crippen molar-refractivity contribution in [2.75, 3.05) is 0 Å². The molecule has 180 valence electrons. The second kappa shape index (κ2) is 8.86. The summed E-state index contributed by atoms with van der Waals surface area (Å²) >= 11 is 0. The predicted molar refractivity (Wildman–Crippen MR) is 164 cm³/mol. The highest BCUT2D eigenvalue weighted by atomic mass is 15.0. The highest BCUT2D eigenvalue weighted by molar-refractivity contribution is 6.19. The van der Waals surface area contributed by atoms with Crippen molar-refractivity contribution in [2.45, 2.75) is 6.92 Å². The molecule has 0 amide bonds. The van der Waals surface area contributed by atoms with E-state index in [4.69, 9.17) is 5.41 Å². The van der Waals surface area contributed by atoms with Crippen LogP contribution in [0.15, 0.2) is 127 Å². The lowest BCUT2D eigenvalue weighted by Crippen LogP contribution is -1.94. The fourth-order valence-corrected chi connectivity index (χ4v) is 5.74. The molecule has 1 aromatic heterocycles. The van der Waals surface area contributed by atoms with Crippen LogP contribution >= 0.6 is 0 Å². The molecule has 0 aliphatic carbocycles. The van der Waals surface area contributed by atoms with Gasteiger partial charge in [-0.3, -0.25) is 0 Å². The number of hydrogen-bond acceptors (Lipinski definition) is 1.